The van der Waals surface area contributed by atoms with Crippen molar-refractivity contribution >= 4 is 15.7 Å². The summed E-state index contributed by atoms with van der Waals surface area (Å²) in [4.78, 5) is 4.46. The number of anilines is 1. The summed E-state index contributed by atoms with van der Waals surface area (Å²) in [5.41, 5.74) is 0.600. The van der Waals surface area contributed by atoms with E-state index in [1.165, 1.54) is 12.1 Å². The molecule has 136 valence electrons. The highest BCUT2D eigenvalue weighted by Gasteiger charge is 2.28. The van der Waals surface area contributed by atoms with Crippen LogP contribution in [0.15, 0.2) is 68.9 Å². The third kappa shape index (κ3) is 3.43. The molecule has 0 saturated heterocycles. The zero-order valence-electron chi connectivity index (χ0n) is 14.6. The molecule has 0 atom stereocenters. The second kappa shape index (κ2) is 7.61. The Kier molecular flexibility index (Phi) is 5.27. The highest BCUT2D eigenvalue weighted by atomic mass is 32.2. The van der Waals surface area contributed by atoms with E-state index in [0.717, 1.165) is 0 Å². The van der Waals surface area contributed by atoms with Crippen LogP contribution >= 0.6 is 0 Å². The van der Waals surface area contributed by atoms with Crippen molar-refractivity contribution in [1.82, 2.24) is 4.98 Å². The van der Waals surface area contributed by atoms with E-state index in [0.29, 0.717) is 24.5 Å². The average Bonchev–Trinajstić information content (AvgIpc) is 3.08. The molecule has 0 aliphatic rings. The number of oxazole rings is 1. The number of nitrogens with zero attached hydrogens (tertiary/aromatic N) is 1. The van der Waals surface area contributed by atoms with Crippen molar-refractivity contribution in [3.05, 3.63) is 54.6 Å². The molecule has 1 N–H and O–H groups in total. The molecule has 6 nitrogen and oxygen atoms in total. The summed E-state index contributed by atoms with van der Waals surface area (Å²) >= 11 is 0. The predicted octanol–water partition coefficient (Wildman–Crippen LogP) is 4.00. The molecule has 1 heterocycles. The summed E-state index contributed by atoms with van der Waals surface area (Å²) in [5.74, 6) is 0.903. The van der Waals surface area contributed by atoms with Gasteiger partial charge in [-0.2, -0.15) is 4.98 Å². The molecule has 3 rings (SSSR count). The van der Waals surface area contributed by atoms with Crippen molar-refractivity contribution in [2.75, 3.05) is 18.5 Å². The lowest BCUT2D eigenvalue weighted by Crippen LogP contribution is -2.07. The third-order valence-electron chi connectivity index (χ3n) is 3.66. The topological polar surface area (TPSA) is 81.4 Å². The Hall–Kier alpha value is -2.80. The van der Waals surface area contributed by atoms with E-state index < -0.39 is 9.84 Å². The Morgan fingerprint density at radius 2 is 1.73 bits per heavy atom. The third-order valence-corrected chi connectivity index (χ3v) is 5.34. The second-order valence-corrected chi connectivity index (χ2v) is 7.29. The summed E-state index contributed by atoms with van der Waals surface area (Å²) in [7, 11) is -3.81. The second-order valence-electron chi connectivity index (χ2n) is 5.43. The minimum absolute atomic E-state index is 0.123. The van der Waals surface area contributed by atoms with E-state index >= 15 is 0 Å². The Bertz CT molecular complexity index is 982. The predicted molar refractivity (Wildman–Crippen MR) is 99.2 cm³/mol. The molecule has 7 heteroatoms. The first kappa shape index (κ1) is 18.0. The van der Waals surface area contributed by atoms with Crippen molar-refractivity contribution in [3.63, 3.8) is 0 Å². The number of nitrogens with one attached hydrogen (secondary N) is 1. The van der Waals surface area contributed by atoms with Crippen LogP contribution in [0.25, 0.3) is 11.5 Å². The molecule has 0 aliphatic heterocycles. The summed E-state index contributed by atoms with van der Waals surface area (Å²) in [6.45, 7) is 4.71. The number of rotatable bonds is 7. The van der Waals surface area contributed by atoms with Crippen LogP contribution in [0.4, 0.5) is 5.88 Å². The fraction of sp³-hybridized carbons (Fsp3) is 0.211. The quantitative estimate of drug-likeness (QED) is 0.675. The summed E-state index contributed by atoms with van der Waals surface area (Å²) in [6, 6.07) is 15.4. The molecule has 0 unspecified atom stereocenters. The monoisotopic (exact) mass is 372 g/mol. The normalized spacial score (nSPS) is 11.3. The van der Waals surface area contributed by atoms with E-state index in [9.17, 15) is 8.42 Å². The van der Waals surface area contributed by atoms with Gasteiger partial charge in [-0.05, 0) is 38.1 Å². The highest BCUT2D eigenvalue weighted by molar-refractivity contribution is 7.91. The SMILES string of the molecule is CCNc1oc(-c2ccccc2OCC)nc1S(=O)(=O)c1ccccc1. The van der Waals surface area contributed by atoms with Gasteiger partial charge in [0.1, 0.15) is 5.75 Å². The van der Waals surface area contributed by atoms with Gasteiger partial charge in [-0.15, -0.1) is 0 Å². The van der Waals surface area contributed by atoms with Gasteiger partial charge in [-0.3, -0.25) is 0 Å². The van der Waals surface area contributed by atoms with Crippen LogP contribution < -0.4 is 10.1 Å². The van der Waals surface area contributed by atoms with E-state index in [1.807, 2.05) is 26.0 Å². The maximum absolute atomic E-state index is 13.0. The Morgan fingerprint density at radius 1 is 1.04 bits per heavy atom. The van der Waals surface area contributed by atoms with Crippen LogP contribution in [0.1, 0.15) is 13.8 Å². The maximum Gasteiger partial charge on any atom is 0.233 e. The van der Waals surface area contributed by atoms with Gasteiger partial charge in [0, 0.05) is 6.54 Å². The van der Waals surface area contributed by atoms with Crippen LogP contribution in [0.3, 0.4) is 0 Å². The standard InChI is InChI=1S/C19H20N2O4S/c1-3-20-18-19(26(22,23)14-10-6-5-7-11-14)21-17(25-18)15-12-8-9-13-16(15)24-4-2/h5-13,20H,3-4H2,1-2H3. The van der Waals surface area contributed by atoms with Gasteiger partial charge in [0.25, 0.3) is 0 Å². The van der Waals surface area contributed by atoms with Gasteiger partial charge in [0.15, 0.2) is 0 Å². The zero-order chi connectivity index (χ0) is 18.6. The summed E-state index contributed by atoms with van der Waals surface area (Å²) < 4.78 is 37.3. The number of hydrogen-bond donors (Lipinski definition) is 1. The van der Waals surface area contributed by atoms with E-state index in [2.05, 4.69) is 10.3 Å². The minimum Gasteiger partial charge on any atom is -0.493 e. The van der Waals surface area contributed by atoms with Crippen molar-refractivity contribution in [2.24, 2.45) is 0 Å². The lowest BCUT2D eigenvalue weighted by Gasteiger charge is -2.06. The van der Waals surface area contributed by atoms with Crippen LogP contribution in [-0.4, -0.2) is 26.6 Å². The molecule has 0 amide bonds. The van der Waals surface area contributed by atoms with Crippen molar-refractivity contribution < 1.29 is 17.6 Å². The first-order valence-corrected chi connectivity index (χ1v) is 9.83. The number of aromatic nitrogens is 1. The van der Waals surface area contributed by atoms with Crippen molar-refractivity contribution in [3.8, 4) is 17.2 Å². The largest absolute Gasteiger partial charge is 0.493 e. The van der Waals surface area contributed by atoms with Crippen molar-refractivity contribution in [1.29, 1.82) is 0 Å². The molecule has 26 heavy (non-hydrogen) atoms. The van der Waals surface area contributed by atoms with E-state index in [-0.39, 0.29) is 21.7 Å². The maximum atomic E-state index is 13.0. The van der Waals surface area contributed by atoms with Gasteiger partial charge in [-0.25, -0.2) is 8.42 Å². The van der Waals surface area contributed by atoms with Crippen molar-refractivity contribution in [2.45, 2.75) is 23.8 Å². The first-order chi connectivity index (χ1) is 12.6. The van der Waals surface area contributed by atoms with Crippen LogP contribution in [-0.2, 0) is 9.84 Å². The smallest absolute Gasteiger partial charge is 0.233 e. The van der Waals surface area contributed by atoms with Gasteiger partial charge in [0.2, 0.25) is 26.6 Å². The molecule has 0 saturated carbocycles. The highest BCUT2D eigenvalue weighted by Crippen LogP contribution is 2.35. The number of ether oxygens (including phenoxy) is 1. The van der Waals surface area contributed by atoms with E-state index in [1.54, 1.807) is 30.3 Å². The van der Waals surface area contributed by atoms with Crippen LogP contribution in [0.5, 0.6) is 5.75 Å². The number of sulfone groups is 1. The minimum atomic E-state index is -3.81. The number of para-hydroxylation sites is 1. The molecule has 0 radical (unpaired) electrons. The first-order valence-electron chi connectivity index (χ1n) is 8.35. The van der Waals surface area contributed by atoms with Gasteiger partial charge in [-0.1, -0.05) is 30.3 Å². The molecule has 0 fully saturated rings. The fourth-order valence-electron chi connectivity index (χ4n) is 2.51. The lowest BCUT2D eigenvalue weighted by molar-refractivity contribution is 0.340. The van der Waals surface area contributed by atoms with Crippen LogP contribution in [0.2, 0.25) is 0 Å². The van der Waals surface area contributed by atoms with Crippen LogP contribution in [0, 0.1) is 0 Å². The molecule has 0 spiro atoms. The summed E-state index contributed by atoms with van der Waals surface area (Å²) in [5, 5.41) is 2.81. The summed E-state index contributed by atoms with van der Waals surface area (Å²) in [6.07, 6.45) is 0. The zero-order valence-corrected chi connectivity index (χ0v) is 15.4. The Morgan fingerprint density at radius 3 is 2.42 bits per heavy atom. The molecule has 1 aromatic heterocycles. The fourth-order valence-corrected chi connectivity index (χ4v) is 3.81. The molecule has 2 aromatic carbocycles. The van der Waals surface area contributed by atoms with Gasteiger partial charge >= 0.3 is 0 Å². The molecule has 0 bridgehead atoms. The van der Waals surface area contributed by atoms with E-state index in [4.69, 9.17) is 9.15 Å². The molecular formula is C19H20N2O4S. The average molecular weight is 372 g/mol. The Balaban J connectivity index is 2.14. The number of benzene rings is 2. The molecule has 0 aliphatic carbocycles. The molecular weight excluding hydrogens is 352 g/mol. The van der Waals surface area contributed by atoms with Gasteiger partial charge in [0.05, 0.1) is 17.1 Å². The Labute approximate surface area is 152 Å². The molecule has 3 aromatic rings. The van der Waals surface area contributed by atoms with Gasteiger partial charge < -0.3 is 14.5 Å². The number of hydrogen-bond acceptors (Lipinski definition) is 6. The lowest BCUT2D eigenvalue weighted by atomic mass is 10.2.